The molecule has 10 heavy (non-hydrogen) atoms. The smallest absolute Gasteiger partial charge is 0.275 e. The number of aldehydes is 1. The van der Waals surface area contributed by atoms with Crippen molar-refractivity contribution in [1.29, 1.82) is 0 Å². The van der Waals surface area contributed by atoms with Gasteiger partial charge in [0.25, 0.3) is 5.95 Å². The van der Waals surface area contributed by atoms with E-state index >= 15 is 0 Å². The summed E-state index contributed by atoms with van der Waals surface area (Å²) in [6.45, 7) is 2.97. The fourth-order valence-electron chi connectivity index (χ4n) is 0.676. The first-order chi connectivity index (χ1) is 4.83. The Morgan fingerprint density at radius 3 is 2.60 bits per heavy atom. The van der Waals surface area contributed by atoms with Crippen molar-refractivity contribution >= 4 is 6.29 Å². The normalized spacial score (nSPS) is 19.1. The third-order valence-electron chi connectivity index (χ3n) is 1.19. The van der Waals surface area contributed by atoms with E-state index in [4.69, 9.17) is 9.47 Å². The van der Waals surface area contributed by atoms with Crippen LogP contribution < -0.4 is 0 Å². The number of ether oxygens (including phenoxy) is 2. The lowest BCUT2D eigenvalue weighted by Gasteiger charge is -1.97. The van der Waals surface area contributed by atoms with E-state index in [1.807, 2.05) is 0 Å². The molecule has 1 fully saturated rings. The minimum Gasteiger partial charge on any atom is -0.462 e. The first-order valence-electron chi connectivity index (χ1n) is 3.25. The Balaban J connectivity index is 2.44. The monoisotopic (exact) mass is 142 g/mol. The molecule has 0 spiro atoms. The Bertz CT molecular complexity index is 143. The zero-order chi connectivity index (χ0) is 7.40. The number of allylic oxidation sites excluding steroid dienone is 1. The molecule has 0 radical (unpaired) electrons. The lowest BCUT2D eigenvalue weighted by molar-refractivity contribution is -0.109. The maximum absolute atomic E-state index is 10.1. The van der Waals surface area contributed by atoms with Crippen LogP contribution in [-0.2, 0) is 14.3 Å². The van der Waals surface area contributed by atoms with Crippen LogP contribution in [0.2, 0.25) is 0 Å². The molecule has 0 saturated carbocycles. The lowest BCUT2D eigenvalue weighted by Crippen LogP contribution is -1.93. The molecule has 1 saturated heterocycles. The van der Waals surface area contributed by atoms with Gasteiger partial charge < -0.3 is 14.3 Å². The van der Waals surface area contributed by atoms with Gasteiger partial charge in [0.2, 0.25) is 0 Å². The molecular formula is C7H10O3. The second-order valence-corrected chi connectivity index (χ2v) is 2.18. The van der Waals surface area contributed by atoms with E-state index in [1.54, 1.807) is 13.0 Å². The zero-order valence-electron chi connectivity index (χ0n) is 5.87. The van der Waals surface area contributed by atoms with Gasteiger partial charge in [0.1, 0.15) is 19.5 Å². The minimum absolute atomic E-state index is 0.118. The van der Waals surface area contributed by atoms with E-state index in [1.165, 1.54) is 0 Å². The van der Waals surface area contributed by atoms with Gasteiger partial charge in [0.15, 0.2) is 0 Å². The van der Waals surface area contributed by atoms with Gasteiger partial charge >= 0.3 is 0 Å². The Kier molecular flexibility index (Phi) is 2.31. The number of hydrogen-bond donors (Lipinski definition) is 0. The van der Waals surface area contributed by atoms with Crippen molar-refractivity contribution in [3.8, 4) is 0 Å². The molecule has 0 bridgehead atoms. The highest BCUT2D eigenvalue weighted by Crippen LogP contribution is 2.09. The SMILES string of the molecule is CC(C=O)C=C1OCCO1. The molecule has 0 N–H and O–H groups in total. The number of rotatable bonds is 2. The summed E-state index contributed by atoms with van der Waals surface area (Å²) in [5.41, 5.74) is 0. The largest absolute Gasteiger partial charge is 0.462 e. The van der Waals surface area contributed by atoms with Gasteiger partial charge in [0, 0.05) is 12.0 Å². The molecule has 1 atom stereocenters. The molecule has 0 aromatic heterocycles. The lowest BCUT2D eigenvalue weighted by atomic mass is 10.2. The van der Waals surface area contributed by atoms with Crippen LogP contribution >= 0.6 is 0 Å². The standard InChI is InChI=1S/C7H10O3/c1-6(5-8)4-7-9-2-3-10-7/h4-6H,2-3H2,1H3. The molecule has 3 nitrogen and oxygen atoms in total. The third-order valence-corrected chi connectivity index (χ3v) is 1.19. The van der Waals surface area contributed by atoms with E-state index in [0.29, 0.717) is 19.2 Å². The summed E-state index contributed by atoms with van der Waals surface area (Å²) < 4.78 is 10.0. The topological polar surface area (TPSA) is 35.5 Å². The van der Waals surface area contributed by atoms with Gasteiger partial charge in [-0.2, -0.15) is 0 Å². The van der Waals surface area contributed by atoms with E-state index in [-0.39, 0.29) is 5.92 Å². The molecular weight excluding hydrogens is 132 g/mol. The summed E-state index contributed by atoms with van der Waals surface area (Å²) in [5, 5.41) is 0. The van der Waals surface area contributed by atoms with Crippen LogP contribution in [0.5, 0.6) is 0 Å². The van der Waals surface area contributed by atoms with E-state index in [2.05, 4.69) is 0 Å². The fourth-order valence-corrected chi connectivity index (χ4v) is 0.676. The predicted molar refractivity (Wildman–Crippen MR) is 35.2 cm³/mol. The number of carbonyl (C=O) groups excluding carboxylic acids is 1. The molecule has 1 rings (SSSR count). The molecule has 56 valence electrons. The highest BCUT2D eigenvalue weighted by atomic mass is 16.7. The third kappa shape index (κ3) is 1.76. The summed E-state index contributed by atoms with van der Waals surface area (Å²) in [7, 11) is 0. The van der Waals surface area contributed by atoms with Gasteiger partial charge in [-0.1, -0.05) is 6.92 Å². The Morgan fingerprint density at radius 1 is 1.50 bits per heavy atom. The van der Waals surface area contributed by atoms with Crippen molar-refractivity contribution in [3.63, 3.8) is 0 Å². The highest BCUT2D eigenvalue weighted by molar-refractivity contribution is 5.55. The molecule has 1 heterocycles. The van der Waals surface area contributed by atoms with Crippen molar-refractivity contribution in [2.24, 2.45) is 5.92 Å². The van der Waals surface area contributed by atoms with Gasteiger partial charge in [-0.05, 0) is 0 Å². The minimum atomic E-state index is -0.118. The summed E-state index contributed by atoms with van der Waals surface area (Å²) in [6.07, 6.45) is 2.51. The van der Waals surface area contributed by atoms with Crippen LogP contribution in [0, 0.1) is 5.92 Å². The summed E-state index contributed by atoms with van der Waals surface area (Å²) in [6, 6.07) is 0. The van der Waals surface area contributed by atoms with Crippen LogP contribution in [0.25, 0.3) is 0 Å². The van der Waals surface area contributed by atoms with E-state index < -0.39 is 0 Å². The van der Waals surface area contributed by atoms with Gasteiger partial charge in [-0.15, -0.1) is 0 Å². The molecule has 0 aromatic rings. The Labute approximate surface area is 59.6 Å². The van der Waals surface area contributed by atoms with Crippen molar-refractivity contribution in [1.82, 2.24) is 0 Å². The first-order valence-corrected chi connectivity index (χ1v) is 3.25. The molecule has 3 heteroatoms. The average Bonchev–Trinajstić information content (AvgIpc) is 2.40. The van der Waals surface area contributed by atoms with Crippen molar-refractivity contribution < 1.29 is 14.3 Å². The average molecular weight is 142 g/mol. The van der Waals surface area contributed by atoms with Crippen LogP contribution in [0.3, 0.4) is 0 Å². The van der Waals surface area contributed by atoms with Crippen LogP contribution in [0.1, 0.15) is 6.92 Å². The van der Waals surface area contributed by atoms with Gasteiger partial charge in [-0.25, -0.2) is 0 Å². The van der Waals surface area contributed by atoms with Crippen LogP contribution in [-0.4, -0.2) is 19.5 Å². The molecule has 1 unspecified atom stereocenters. The summed E-state index contributed by atoms with van der Waals surface area (Å²) in [4.78, 5) is 10.1. The molecule has 0 aromatic carbocycles. The van der Waals surface area contributed by atoms with Crippen molar-refractivity contribution in [2.75, 3.05) is 13.2 Å². The van der Waals surface area contributed by atoms with Gasteiger partial charge in [0.05, 0.1) is 0 Å². The molecule has 1 aliphatic rings. The fraction of sp³-hybridized carbons (Fsp3) is 0.571. The number of hydrogen-bond acceptors (Lipinski definition) is 3. The first kappa shape index (κ1) is 7.12. The van der Waals surface area contributed by atoms with E-state index in [9.17, 15) is 4.79 Å². The van der Waals surface area contributed by atoms with Crippen molar-refractivity contribution in [2.45, 2.75) is 6.92 Å². The summed E-state index contributed by atoms with van der Waals surface area (Å²) in [5.74, 6) is 0.368. The highest BCUT2D eigenvalue weighted by Gasteiger charge is 2.09. The van der Waals surface area contributed by atoms with Crippen molar-refractivity contribution in [3.05, 3.63) is 12.0 Å². The maximum Gasteiger partial charge on any atom is 0.275 e. The molecule has 1 aliphatic heterocycles. The second kappa shape index (κ2) is 3.25. The molecule has 0 amide bonds. The van der Waals surface area contributed by atoms with Crippen LogP contribution in [0.4, 0.5) is 0 Å². The van der Waals surface area contributed by atoms with E-state index in [0.717, 1.165) is 6.29 Å². The molecule has 0 aliphatic carbocycles. The Hall–Kier alpha value is -0.990. The zero-order valence-corrected chi connectivity index (χ0v) is 5.87. The predicted octanol–water partition coefficient (Wildman–Crippen LogP) is 0.710. The second-order valence-electron chi connectivity index (χ2n) is 2.18. The van der Waals surface area contributed by atoms with Gasteiger partial charge in [-0.3, -0.25) is 0 Å². The van der Waals surface area contributed by atoms with Crippen LogP contribution in [0.15, 0.2) is 12.0 Å². The Morgan fingerprint density at radius 2 is 2.10 bits per heavy atom. The quantitative estimate of drug-likeness (QED) is 0.532. The number of carbonyl (C=O) groups is 1. The maximum atomic E-state index is 10.1. The summed E-state index contributed by atoms with van der Waals surface area (Å²) >= 11 is 0.